The molecule has 0 aromatic rings. The fourth-order valence-electron chi connectivity index (χ4n) is 2.22. The topological polar surface area (TPSA) is 30.5 Å². The molecule has 0 aromatic carbocycles. The summed E-state index contributed by atoms with van der Waals surface area (Å²) in [7, 11) is 3.35. The highest BCUT2D eigenvalue weighted by Crippen LogP contribution is 2.10. The van der Waals surface area contributed by atoms with Gasteiger partial charge in [0.25, 0.3) is 0 Å². The van der Waals surface area contributed by atoms with Crippen LogP contribution in [0.25, 0.3) is 0 Å². The molecule has 116 valence electrons. The molecule has 0 bridgehead atoms. The zero-order chi connectivity index (χ0) is 14.2. The Balaban J connectivity index is 3.02. The molecule has 0 spiro atoms. The fourth-order valence-corrected chi connectivity index (χ4v) is 2.22. The lowest BCUT2D eigenvalue weighted by Gasteiger charge is -2.13. The Morgan fingerprint density at radius 1 is 0.737 bits per heavy atom. The molecule has 1 N–H and O–H groups in total. The highest BCUT2D eigenvalue weighted by Gasteiger charge is 2.02. The van der Waals surface area contributed by atoms with Crippen molar-refractivity contribution in [1.82, 2.24) is 5.32 Å². The van der Waals surface area contributed by atoms with Crippen LogP contribution in [0, 0.1) is 0 Å². The molecule has 19 heavy (non-hydrogen) atoms. The van der Waals surface area contributed by atoms with Crippen molar-refractivity contribution in [3.05, 3.63) is 0 Å². The summed E-state index contributed by atoms with van der Waals surface area (Å²) in [5.74, 6) is 0. The van der Waals surface area contributed by atoms with Gasteiger partial charge in [0.1, 0.15) is 0 Å². The molecule has 0 saturated heterocycles. The average Bonchev–Trinajstić information content (AvgIpc) is 2.44. The van der Waals surface area contributed by atoms with Gasteiger partial charge < -0.3 is 14.8 Å². The average molecular weight is 273 g/mol. The summed E-state index contributed by atoms with van der Waals surface area (Å²) >= 11 is 0. The van der Waals surface area contributed by atoms with Crippen LogP contribution in [0.5, 0.6) is 0 Å². The van der Waals surface area contributed by atoms with Crippen LogP contribution in [-0.4, -0.2) is 33.6 Å². The summed E-state index contributed by atoms with van der Waals surface area (Å²) in [5, 5.41) is 3.36. The van der Waals surface area contributed by atoms with Gasteiger partial charge in [0, 0.05) is 20.8 Å². The van der Waals surface area contributed by atoms with Gasteiger partial charge in [0.15, 0.2) is 6.29 Å². The van der Waals surface area contributed by atoms with Crippen LogP contribution in [0.15, 0.2) is 0 Å². The molecule has 0 heterocycles. The van der Waals surface area contributed by atoms with E-state index in [1.54, 1.807) is 14.2 Å². The first-order valence-electron chi connectivity index (χ1n) is 8.11. The van der Waals surface area contributed by atoms with E-state index in [2.05, 4.69) is 12.2 Å². The van der Waals surface area contributed by atoms with E-state index < -0.39 is 0 Å². The Kier molecular flexibility index (Phi) is 15.8. The molecule has 0 saturated carbocycles. The maximum absolute atomic E-state index is 5.11. The van der Waals surface area contributed by atoms with Crippen molar-refractivity contribution >= 4 is 0 Å². The molecule has 0 atom stereocenters. The smallest absolute Gasteiger partial charge is 0.169 e. The lowest BCUT2D eigenvalue weighted by atomic mass is 10.1. The lowest BCUT2D eigenvalue weighted by molar-refractivity contribution is -0.0986. The van der Waals surface area contributed by atoms with Crippen LogP contribution in [0.2, 0.25) is 0 Å². The summed E-state index contributed by atoms with van der Waals surface area (Å²) in [4.78, 5) is 0. The van der Waals surface area contributed by atoms with E-state index >= 15 is 0 Å². The van der Waals surface area contributed by atoms with Crippen molar-refractivity contribution in [2.75, 3.05) is 27.3 Å². The first-order chi connectivity index (χ1) is 9.35. The van der Waals surface area contributed by atoms with Gasteiger partial charge in [-0.1, -0.05) is 64.7 Å². The van der Waals surface area contributed by atoms with Crippen LogP contribution in [0.4, 0.5) is 0 Å². The van der Waals surface area contributed by atoms with Gasteiger partial charge in [-0.15, -0.1) is 0 Å². The Labute approximate surface area is 120 Å². The highest BCUT2D eigenvalue weighted by atomic mass is 16.7. The van der Waals surface area contributed by atoms with Gasteiger partial charge in [-0.25, -0.2) is 0 Å². The van der Waals surface area contributed by atoms with Crippen LogP contribution >= 0.6 is 0 Å². The van der Waals surface area contributed by atoms with Crippen LogP contribution in [0.1, 0.15) is 71.1 Å². The molecule has 0 amide bonds. The van der Waals surface area contributed by atoms with Gasteiger partial charge >= 0.3 is 0 Å². The summed E-state index contributed by atoms with van der Waals surface area (Å²) < 4.78 is 10.2. The normalized spacial score (nSPS) is 11.4. The Morgan fingerprint density at radius 2 is 1.21 bits per heavy atom. The molecule has 0 radical (unpaired) electrons. The quantitative estimate of drug-likeness (QED) is 0.360. The third kappa shape index (κ3) is 14.1. The van der Waals surface area contributed by atoms with Crippen molar-refractivity contribution in [2.24, 2.45) is 0 Å². The van der Waals surface area contributed by atoms with Crippen LogP contribution < -0.4 is 5.32 Å². The molecule has 0 aliphatic rings. The van der Waals surface area contributed by atoms with E-state index in [9.17, 15) is 0 Å². The molecular weight excluding hydrogens is 238 g/mol. The Morgan fingerprint density at radius 3 is 1.68 bits per heavy atom. The number of hydrogen-bond donors (Lipinski definition) is 1. The largest absolute Gasteiger partial charge is 0.355 e. The zero-order valence-corrected chi connectivity index (χ0v) is 13.4. The number of ether oxygens (including phenoxy) is 2. The van der Waals surface area contributed by atoms with Crippen molar-refractivity contribution in [3.63, 3.8) is 0 Å². The van der Waals surface area contributed by atoms with Crippen molar-refractivity contribution < 1.29 is 9.47 Å². The van der Waals surface area contributed by atoms with Crippen molar-refractivity contribution in [3.8, 4) is 0 Å². The molecular formula is C16H35NO2. The minimum absolute atomic E-state index is 0.108. The summed E-state index contributed by atoms with van der Waals surface area (Å²) in [6.07, 6.45) is 13.8. The minimum Gasteiger partial charge on any atom is -0.355 e. The van der Waals surface area contributed by atoms with Gasteiger partial charge in [-0.05, 0) is 13.0 Å². The highest BCUT2D eigenvalue weighted by molar-refractivity contribution is 4.52. The van der Waals surface area contributed by atoms with E-state index in [-0.39, 0.29) is 6.29 Å². The van der Waals surface area contributed by atoms with Crippen molar-refractivity contribution in [2.45, 2.75) is 77.4 Å². The Bertz CT molecular complexity index is 161. The first-order valence-corrected chi connectivity index (χ1v) is 8.11. The standard InChI is InChI=1S/C16H35NO2/c1-4-5-6-7-8-9-10-11-12-13-14-17-15-16(18-2)19-3/h16-17H,4-15H2,1-3H3. The molecule has 0 unspecified atom stereocenters. The molecule has 0 aliphatic heterocycles. The van der Waals surface area contributed by atoms with E-state index in [4.69, 9.17) is 9.47 Å². The molecule has 0 fully saturated rings. The fraction of sp³-hybridized carbons (Fsp3) is 1.00. The van der Waals surface area contributed by atoms with E-state index in [1.807, 2.05) is 0 Å². The van der Waals surface area contributed by atoms with E-state index in [1.165, 1.54) is 64.2 Å². The van der Waals surface area contributed by atoms with Gasteiger partial charge in [0.2, 0.25) is 0 Å². The first kappa shape index (κ1) is 18.9. The van der Waals surface area contributed by atoms with Gasteiger partial charge in [-0.2, -0.15) is 0 Å². The monoisotopic (exact) mass is 273 g/mol. The second-order valence-electron chi connectivity index (χ2n) is 5.29. The maximum Gasteiger partial charge on any atom is 0.169 e. The number of unbranched alkanes of at least 4 members (excludes halogenated alkanes) is 9. The summed E-state index contributed by atoms with van der Waals surface area (Å²) in [6, 6.07) is 0. The molecule has 0 aromatic heterocycles. The molecule has 3 heteroatoms. The maximum atomic E-state index is 5.11. The van der Waals surface area contributed by atoms with E-state index in [0.717, 1.165) is 13.1 Å². The Hall–Kier alpha value is -0.120. The summed E-state index contributed by atoms with van der Waals surface area (Å²) in [6.45, 7) is 4.12. The van der Waals surface area contributed by atoms with E-state index in [0.29, 0.717) is 0 Å². The van der Waals surface area contributed by atoms with Gasteiger partial charge in [-0.3, -0.25) is 0 Å². The lowest BCUT2D eigenvalue weighted by Crippen LogP contribution is -2.30. The molecule has 3 nitrogen and oxygen atoms in total. The third-order valence-corrected chi connectivity index (χ3v) is 3.54. The predicted octanol–water partition coefficient (Wildman–Crippen LogP) is 4.12. The van der Waals surface area contributed by atoms with Crippen LogP contribution in [0.3, 0.4) is 0 Å². The molecule has 0 rings (SSSR count). The van der Waals surface area contributed by atoms with Crippen molar-refractivity contribution in [1.29, 1.82) is 0 Å². The predicted molar refractivity (Wildman–Crippen MR) is 82.5 cm³/mol. The second kappa shape index (κ2) is 15.9. The number of methoxy groups -OCH3 is 2. The zero-order valence-electron chi connectivity index (χ0n) is 13.4. The number of hydrogen-bond acceptors (Lipinski definition) is 3. The summed E-state index contributed by atoms with van der Waals surface area (Å²) in [5.41, 5.74) is 0. The third-order valence-electron chi connectivity index (χ3n) is 3.54. The van der Waals surface area contributed by atoms with Crippen LogP contribution in [-0.2, 0) is 9.47 Å². The number of rotatable bonds is 15. The molecule has 0 aliphatic carbocycles. The second-order valence-corrected chi connectivity index (χ2v) is 5.29. The SMILES string of the molecule is CCCCCCCCCCCCNCC(OC)OC. The van der Waals surface area contributed by atoms with Gasteiger partial charge in [0.05, 0.1) is 0 Å². The minimum atomic E-state index is -0.108. The number of nitrogens with one attached hydrogen (secondary N) is 1.